The summed E-state index contributed by atoms with van der Waals surface area (Å²) in [6, 6.07) is 3.49. The first-order valence-corrected chi connectivity index (χ1v) is 4.49. The summed E-state index contributed by atoms with van der Waals surface area (Å²) in [4.78, 5) is 6.73. The first-order valence-electron chi connectivity index (χ1n) is 4.12. The molecule has 1 aromatic heterocycles. The van der Waals surface area contributed by atoms with Gasteiger partial charge < -0.3 is 0 Å². The minimum absolute atomic E-state index is 0.466. The second-order valence-electron chi connectivity index (χ2n) is 2.54. The Labute approximate surface area is 86.9 Å². The lowest BCUT2D eigenvalue weighted by Crippen LogP contribution is -1.79. The van der Waals surface area contributed by atoms with Gasteiger partial charge in [-0.25, -0.2) is 0 Å². The second-order valence-corrected chi connectivity index (χ2v) is 2.98. The summed E-state index contributed by atoms with van der Waals surface area (Å²) < 4.78 is 0. The quantitative estimate of drug-likeness (QED) is 0.324. The van der Waals surface area contributed by atoms with Crippen molar-refractivity contribution in [3.8, 4) is 0 Å². The Morgan fingerprint density at radius 2 is 2.50 bits per heavy atom. The van der Waals surface area contributed by atoms with Crippen molar-refractivity contribution in [2.75, 3.05) is 6.54 Å². The van der Waals surface area contributed by atoms with Crippen molar-refractivity contribution >= 4 is 17.7 Å². The lowest BCUT2D eigenvalue weighted by molar-refractivity contribution is 0.995. The Hall–Kier alpha value is -1.51. The smallest absolute Gasteiger partial charge is 0.0641 e. The molecule has 14 heavy (non-hydrogen) atoms. The van der Waals surface area contributed by atoms with Gasteiger partial charge in [-0.05, 0) is 30.2 Å². The topological polar surface area (TPSA) is 61.7 Å². The fraction of sp³-hybridized carbons (Fsp3) is 0.222. The van der Waals surface area contributed by atoms with Crippen molar-refractivity contribution in [1.82, 2.24) is 4.98 Å². The molecule has 0 aromatic carbocycles. The van der Waals surface area contributed by atoms with E-state index in [1.165, 1.54) is 0 Å². The van der Waals surface area contributed by atoms with E-state index < -0.39 is 0 Å². The summed E-state index contributed by atoms with van der Waals surface area (Å²) in [5, 5.41) is 4.07. The third-order valence-corrected chi connectivity index (χ3v) is 1.73. The Morgan fingerprint density at radius 3 is 3.21 bits per heavy atom. The third kappa shape index (κ3) is 3.94. The highest BCUT2D eigenvalue weighted by Crippen LogP contribution is 2.09. The molecule has 0 fully saturated rings. The molecule has 4 nitrogen and oxygen atoms in total. The van der Waals surface area contributed by atoms with Gasteiger partial charge in [-0.3, -0.25) is 4.98 Å². The number of aromatic nitrogens is 1. The predicted molar refractivity (Wildman–Crippen MR) is 56.9 cm³/mol. The van der Waals surface area contributed by atoms with Crippen LogP contribution in [0, 0.1) is 0 Å². The monoisotopic (exact) mass is 208 g/mol. The molecule has 0 aliphatic carbocycles. The number of nitrogens with zero attached hydrogens (tertiary/aromatic N) is 4. The van der Waals surface area contributed by atoms with Crippen LogP contribution in [0.1, 0.15) is 12.1 Å². The summed E-state index contributed by atoms with van der Waals surface area (Å²) in [5.74, 6) is 0. The van der Waals surface area contributed by atoms with Crippen LogP contribution in [-0.4, -0.2) is 11.5 Å². The molecule has 0 bridgehead atoms. The van der Waals surface area contributed by atoms with E-state index in [1.807, 2.05) is 12.2 Å². The van der Waals surface area contributed by atoms with Gasteiger partial charge >= 0.3 is 0 Å². The van der Waals surface area contributed by atoms with Gasteiger partial charge in [0.25, 0.3) is 0 Å². The average molecular weight is 209 g/mol. The molecule has 5 heteroatoms. The fourth-order valence-electron chi connectivity index (χ4n) is 0.893. The molecule has 1 heterocycles. The van der Waals surface area contributed by atoms with Gasteiger partial charge in [-0.1, -0.05) is 22.8 Å². The van der Waals surface area contributed by atoms with E-state index >= 15 is 0 Å². The van der Waals surface area contributed by atoms with E-state index in [4.69, 9.17) is 17.1 Å². The summed E-state index contributed by atoms with van der Waals surface area (Å²) >= 11 is 5.77. The first kappa shape index (κ1) is 10.6. The predicted octanol–water partition coefficient (Wildman–Crippen LogP) is 3.45. The van der Waals surface area contributed by atoms with Crippen molar-refractivity contribution in [3.63, 3.8) is 0 Å². The van der Waals surface area contributed by atoms with Gasteiger partial charge in [-0.15, -0.1) is 0 Å². The molecule has 72 valence electrons. The zero-order valence-corrected chi connectivity index (χ0v) is 8.22. The SMILES string of the molecule is [N-]=[N+]=NCCC=Cc1cc(Cl)ccn1. The normalized spacial score (nSPS) is 10.1. The van der Waals surface area contributed by atoms with E-state index in [9.17, 15) is 0 Å². The minimum Gasteiger partial charge on any atom is -0.257 e. The van der Waals surface area contributed by atoms with Crippen LogP contribution in [0.2, 0.25) is 5.02 Å². The minimum atomic E-state index is 0.466. The number of rotatable bonds is 4. The molecule has 0 aliphatic heterocycles. The summed E-state index contributed by atoms with van der Waals surface area (Å²) in [7, 11) is 0. The van der Waals surface area contributed by atoms with Gasteiger partial charge in [0.15, 0.2) is 0 Å². The Kier molecular flexibility index (Phi) is 4.55. The number of azide groups is 1. The maximum absolute atomic E-state index is 8.02. The maximum Gasteiger partial charge on any atom is 0.0641 e. The van der Waals surface area contributed by atoms with Crippen LogP contribution in [0.4, 0.5) is 0 Å². The largest absolute Gasteiger partial charge is 0.257 e. The van der Waals surface area contributed by atoms with Crippen LogP contribution in [0.5, 0.6) is 0 Å². The van der Waals surface area contributed by atoms with E-state index in [-0.39, 0.29) is 0 Å². The molecule has 0 aliphatic rings. The highest BCUT2D eigenvalue weighted by Gasteiger charge is 1.89. The van der Waals surface area contributed by atoms with Crippen LogP contribution < -0.4 is 0 Å². The van der Waals surface area contributed by atoms with E-state index in [1.54, 1.807) is 18.3 Å². The van der Waals surface area contributed by atoms with Crippen LogP contribution in [0.3, 0.4) is 0 Å². The lowest BCUT2D eigenvalue weighted by Gasteiger charge is -1.92. The molecular weight excluding hydrogens is 200 g/mol. The van der Waals surface area contributed by atoms with Gasteiger partial charge in [0.2, 0.25) is 0 Å². The number of hydrogen-bond acceptors (Lipinski definition) is 2. The molecule has 0 unspecified atom stereocenters. The third-order valence-electron chi connectivity index (χ3n) is 1.49. The van der Waals surface area contributed by atoms with Gasteiger partial charge in [0.1, 0.15) is 0 Å². The van der Waals surface area contributed by atoms with Crippen molar-refractivity contribution in [1.29, 1.82) is 0 Å². The van der Waals surface area contributed by atoms with Crippen LogP contribution in [0.25, 0.3) is 16.5 Å². The van der Waals surface area contributed by atoms with Gasteiger partial charge in [0.05, 0.1) is 5.69 Å². The van der Waals surface area contributed by atoms with Crippen molar-refractivity contribution in [3.05, 3.63) is 45.6 Å². The van der Waals surface area contributed by atoms with Gasteiger partial charge in [0, 0.05) is 22.7 Å². The zero-order chi connectivity index (χ0) is 10.2. The Balaban J connectivity index is 2.47. The average Bonchev–Trinajstić information content (AvgIpc) is 2.18. The molecule has 0 atom stereocenters. The summed E-state index contributed by atoms with van der Waals surface area (Å²) in [5.41, 5.74) is 8.83. The molecule has 0 amide bonds. The molecule has 0 saturated carbocycles. The molecule has 0 N–H and O–H groups in total. The molecule has 0 saturated heterocycles. The number of pyridine rings is 1. The maximum atomic E-state index is 8.02. The second kappa shape index (κ2) is 6.02. The van der Waals surface area contributed by atoms with E-state index in [0.717, 1.165) is 5.69 Å². The molecule has 1 rings (SSSR count). The Morgan fingerprint density at radius 1 is 1.64 bits per heavy atom. The first-order chi connectivity index (χ1) is 6.83. The van der Waals surface area contributed by atoms with Crippen molar-refractivity contribution < 1.29 is 0 Å². The van der Waals surface area contributed by atoms with Crippen molar-refractivity contribution in [2.24, 2.45) is 5.11 Å². The molecule has 0 radical (unpaired) electrons. The molecule has 1 aromatic rings. The van der Waals surface area contributed by atoms with Crippen LogP contribution in [-0.2, 0) is 0 Å². The summed E-state index contributed by atoms with van der Waals surface area (Å²) in [6.07, 6.45) is 6.10. The lowest BCUT2D eigenvalue weighted by atomic mass is 10.3. The van der Waals surface area contributed by atoms with Crippen molar-refractivity contribution in [2.45, 2.75) is 6.42 Å². The fourth-order valence-corrected chi connectivity index (χ4v) is 1.06. The Bertz CT molecular complexity index is 369. The van der Waals surface area contributed by atoms with Crippen LogP contribution >= 0.6 is 11.6 Å². The van der Waals surface area contributed by atoms with E-state index in [2.05, 4.69) is 15.0 Å². The highest BCUT2D eigenvalue weighted by atomic mass is 35.5. The van der Waals surface area contributed by atoms with E-state index in [0.29, 0.717) is 18.0 Å². The highest BCUT2D eigenvalue weighted by molar-refractivity contribution is 6.30. The number of hydrogen-bond donors (Lipinski definition) is 0. The summed E-state index contributed by atoms with van der Waals surface area (Å²) in [6.45, 7) is 0.466. The van der Waals surface area contributed by atoms with Gasteiger partial charge in [-0.2, -0.15) is 0 Å². The van der Waals surface area contributed by atoms with Crippen LogP contribution in [0.15, 0.2) is 29.5 Å². The molecule has 0 spiro atoms. The standard InChI is InChI=1S/C9H9ClN4/c10-8-4-6-12-9(7-8)3-1-2-5-13-14-11/h1,3-4,6-7H,2,5H2. The number of halogens is 1. The zero-order valence-electron chi connectivity index (χ0n) is 7.47. The molecular formula is C9H9ClN4.